The summed E-state index contributed by atoms with van der Waals surface area (Å²) in [7, 11) is 1.51. The number of carbonyl (C=O) groups is 2. The fourth-order valence-electron chi connectivity index (χ4n) is 2.61. The highest BCUT2D eigenvalue weighted by atomic mass is 16.6. The molecule has 0 aliphatic heterocycles. The summed E-state index contributed by atoms with van der Waals surface area (Å²) in [5.41, 5.74) is 4.35. The van der Waals surface area contributed by atoms with Gasteiger partial charge in [0.05, 0.1) is 7.11 Å². The van der Waals surface area contributed by atoms with Crippen LogP contribution in [0.1, 0.15) is 31.9 Å². The molecule has 7 heteroatoms. The van der Waals surface area contributed by atoms with Crippen molar-refractivity contribution in [2.75, 3.05) is 7.11 Å². The van der Waals surface area contributed by atoms with Crippen molar-refractivity contribution in [1.82, 2.24) is 0 Å². The number of methoxy groups -OCH3 is 1. The van der Waals surface area contributed by atoms with Crippen LogP contribution in [0.25, 0.3) is 0 Å². The predicted octanol–water partition coefficient (Wildman–Crippen LogP) is 2.94. The first-order chi connectivity index (χ1) is 13.5. The molecule has 0 spiro atoms. The van der Waals surface area contributed by atoms with Gasteiger partial charge in [0.1, 0.15) is 12.2 Å². The van der Waals surface area contributed by atoms with Gasteiger partial charge in [-0.15, -0.1) is 0 Å². The molecule has 2 rings (SSSR count). The first kappa shape index (κ1) is 22.2. The van der Waals surface area contributed by atoms with Crippen LogP contribution in [0.5, 0.6) is 11.5 Å². The minimum Gasteiger partial charge on any atom is -0.493 e. The van der Waals surface area contributed by atoms with Gasteiger partial charge in [0, 0.05) is 6.42 Å². The van der Waals surface area contributed by atoms with Crippen LogP contribution in [0.2, 0.25) is 0 Å². The topological polar surface area (TPSA) is 108 Å². The summed E-state index contributed by atoms with van der Waals surface area (Å²) in [5, 5.41) is 9.60. The number of ether oxygens (including phenoxy) is 3. The second-order valence-corrected chi connectivity index (χ2v) is 7.71. The Kier molecular flexibility index (Phi) is 6.87. The summed E-state index contributed by atoms with van der Waals surface area (Å²) >= 11 is 0. The van der Waals surface area contributed by atoms with E-state index in [0.717, 1.165) is 5.56 Å². The summed E-state index contributed by atoms with van der Waals surface area (Å²) in [4.78, 5) is 24.3. The smallest absolute Gasteiger partial charge is 0.338 e. The summed E-state index contributed by atoms with van der Waals surface area (Å²) in [6, 6.07) is 14.5. The van der Waals surface area contributed by atoms with E-state index < -0.39 is 23.1 Å². The third-order valence-corrected chi connectivity index (χ3v) is 4.09. The molecular formula is C22H27NO6. The zero-order valence-corrected chi connectivity index (χ0v) is 17.1. The van der Waals surface area contributed by atoms with Gasteiger partial charge >= 0.3 is 11.9 Å². The van der Waals surface area contributed by atoms with E-state index in [9.17, 15) is 14.7 Å². The molecule has 0 aliphatic rings. The Bertz CT molecular complexity index is 859. The van der Waals surface area contributed by atoms with Crippen LogP contribution in [0.3, 0.4) is 0 Å². The van der Waals surface area contributed by atoms with E-state index in [1.807, 2.05) is 30.3 Å². The molecule has 0 amide bonds. The standard InChI is InChI=1S/C22H27NO6/c1-21(2,3)29-20(26)22(23,19(24)25)13-16-10-11-17(27-4)18(12-16)28-14-15-8-6-5-7-9-15/h5-12H,13-14,23H2,1-4H3,(H,24,25)/t22-/m0/s1. The highest BCUT2D eigenvalue weighted by Gasteiger charge is 2.45. The van der Waals surface area contributed by atoms with Crippen LogP contribution >= 0.6 is 0 Å². The van der Waals surface area contributed by atoms with Crippen LogP contribution in [-0.2, 0) is 27.4 Å². The number of nitrogens with two attached hydrogens (primary N) is 1. The third-order valence-electron chi connectivity index (χ3n) is 4.09. The van der Waals surface area contributed by atoms with Gasteiger partial charge in [0.2, 0.25) is 5.54 Å². The first-order valence-electron chi connectivity index (χ1n) is 9.14. The number of carboxylic acids is 1. The SMILES string of the molecule is COc1ccc(C[C@](N)(C(=O)O)C(=O)OC(C)(C)C)cc1OCc1ccccc1. The second kappa shape index (κ2) is 8.96. The van der Waals surface area contributed by atoms with Gasteiger partial charge in [0.15, 0.2) is 11.5 Å². The maximum absolute atomic E-state index is 12.5. The van der Waals surface area contributed by atoms with E-state index in [1.165, 1.54) is 7.11 Å². The average Bonchev–Trinajstić information content (AvgIpc) is 2.65. The summed E-state index contributed by atoms with van der Waals surface area (Å²) < 4.78 is 16.4. The maximum Gasteiger partial charge on any atom is 0.338 e. The molecule has 0 saturated carbocycles. The second-order valence-electron chi connectivity index (χ2n) is 7.71. The van der Waals surface area contributed by atoms with E-state index in [4.69, 9.17) is 19.9 Å². The summed E-state index contributed by atoms with van der Waals surface area (Å²) in [6.45, 7) is 5.25. The molecule has 0 radical (unpaired) electrons. The molecule has 0 unspecified atom stereocenters. The van der Waals surface area contributed by atoms with Gasteiger partial charge in [-0.25, -0.2) is 9.59 Å². The van der Waals surface area contributed by atoms with Crippen molar-refractivity contribution in [2.45, 2.75) is 44.9 Å². The monoisotopic (exact) mass is 401 g/mol. The molecule has 0 aliphatic carbocycles. The fraction of sp³-hybridized carbons (Fsp3) is 0.364. The minimum atomic E-state index is -2.22. The van der Waals surface area contributed by atoms with Crippen LogP contribution in [0, 0.1) is 0 Å². The quantitative estimate of drug-likeness (QED) is 0.517. The number of esters is 1. The molecule has 7 nitrogen and oxygen atoms in total. The van der Waals surface area contributed by atoms with Crippen LogP contribution in [-0.4, -0.2) is 35.3 Å². The van der Waals surface area contributed by atoms with Gasteiger partial charge < -0.3 is 25.1 Å². The van der Waals surface area contributed by atoms with E-state index in [0.29, 0.717) is 23.7 Å². The Morgan fingerprint density at radius 3 is 2.21 bits per heavy atom. The van der Waals surface area contributed by atoms with Gasteiger partial charge in [0.25, 0.3) is 0 Å². The minimum absolute atomic E-state index is 0.261. The van der Waals surface area contributed by atoms with Crippen molar-refractivity contribution in [3.63, 3.8) is 0 Å². The van der Waals surface area contributed by atoms with Crippen molar-refractivity contribution in [1.29, 1.82) is 0 Å². The van der Waals surface area contributed by atoms with E-state index in [2.05, 4.69) is 0 Å². The van der Waals surface area contributed by atoms with Gasteiger partial charge in [-0.2, -0.15) is 0 Å². The third kappa shape index (κ3) is 5.96. The zero-order chi connectivity index (χ0) is 21.7. The Labute approximate surface area is 170 Å². The molecule has 0 heterocycles. The first-order valence-corrected chi connectivity index (χ1v) is 9.14. The van der Waals surface area contributed by atoms with Crippen molar-refractivity contribution in [2.24, 2.45) is 5.73 Å². The number of aliphatic carboxylic acids is 1. The molecule has 0 fully saturated rings. The molecule has 0 bridgehead atoms. The number of hydrogen-bond acceptors (Lipinski definition) is 6. The molecule has 1 atom stereocenters. The van der Waals surface area contributed by atoms with E-state index in [-0.39, 0.29) is 6.42 Å². The van der Waals surface area contributed by atoms with Crippen molar-refractivity contribution in [3.8, 4) is 11.5 Å². The summed E-state index contributed by atoms with van der Waals surface area (Å²) in [5.74, 6) is -1.56. The van der Waals surface area contributed by atoms with Gasteiger partial charge in [-0.3, -0.25) is 0 Å². The van der Waals surface area contributed by atoms with Crippen molar-refractivity contribution >= 4 is 11.9 Å². The zero-order valence-electron chi connectivity index (χ0n) is 17.1. The number of benzene rings is 2. The highest BCUT2D eigenvalue weighted by Crippen LogP contribution is 2.30. The lowest BCUT2D eigenvalue weighted by atomic mass is 9.91. The molecule has 156 valence electrons. The van der Waals surface area contributed by atoms with Crippen LogP contribution < -0.4 is 15.2 Å². The average molecular weight is 401 g/mol. The number of carbonyl (C=O) groups excluding carboxylic acids is 1. The van der Waals surface area contributed by atoms with Crippen molar-refractivity contribution in [3.05, 3.63) is 59.7 Å². The largest absolute Gasteiger partial charge is 0.493 e. The maximum atomic E-state index is 12.5. The van der Waals surface area contributed by atoms with E-state index in [1.54, 1.807) is 39.0 Å². The van der Waals surface area contributed by atoms with Crippen LogP contribution in [0.4, 0.5) is 0 Å². The summed E-state index contributed by atoms with van der Waals surface area (Å²) in [6.07, 6.45) is -0.261. The van der Waals surface area contributed by atoms with Gasteiger partial charge in [-0.1, -0.05) is 36.4 Å². The highest BCUT2D eigenvalue weighted by molar-refractivity contribution is 6.04. The lowest BCUT2D eigenvalue weighted by Gasteiger charge is -2.28. The molecule has 0 saturated heterocycles. The number of hydrogen-bond donors (Lipinski definition) is 2. The molecule has 3 N–H and O–H groups in total. The van der Waals surface area contributed by atoms with Gasteiger partial charge in [-0.05, 0) is 44.0 Å². The fourth-order valence-corrected chi connectivity index (χ4v) is 2.61. The lowest BCUT2D eigenvalue weighted by Crippen LogP contribution is -2.58. The van der Waals surface area contributed by atoms with Crippen LogP contribution in [0.15, 0.2) is 48.5 Å². The molecule has 2 aromatic rings. The Balaban J connectivity index is 2.26. The molecule has 0 aromatic heterocycles. The van der Waals surface area contributed by atoms with Crippen molar-refractivity contribution < 1.29 is 28.9 Å². The number of rotatable bonds is 8. The van der Waals surface area contributed by atoms with E-state index >= 15 is 0 Å². The number of carboxylic acid groups (broad SMARTS) is 1. The normalized spacial score (nSPS) is 13.3. The molecular weight excluding hydrogens is 374 g/mol. The Morgan fingerprint density at radius 2 is 1.66 bits per heavy atom. The lowest BCUT2D eigenvalue weighted by molar-refractivity contribution is -0.169. The molecule has 2 aromatic carbocycles. The predicted molar refractivity (Wildman–Crippen MR) is 108 cm³/mol. The Hall–Kier alpha value is -3.06. The Morgan fingerprint density at radius 1 is 1.00 bits per heavy atom. The molecule has 29 heavy (non-hydrogen) atoms.